The van der Waals surface area contributed by atoms with Gasteiger partial charge in [-0.15, -0.1) is 0 Å². The Labute approximate surface area is 107 Å². The highest BCUT2D eigenvalue weighted by atomic mass is 32.1. The fourth-order valence-electron chi connectivity index (χ4n) is 2.18. The SMILES string of the molecule is CCc1nn(C)c2c1[nH]c(=S)n2C(C)(C)CC. The van der Waals surface area contributed by atoms with Crippen molar-refractivity contribution in [3.05, 3.63) is 10.5 Å². The van der Waals surface area contributed by atoms with E-state index in [2.05, 4.69) is 42.3 Å². The Kier molecular flexibility index (Phi) is 2.89. The average molecular weight is 252 g/mol. The summed E-state index contributed by atoms with van der Waals surface area (Å²) in [7, 11) is 1.98. The summed E-state index contributed by atoms with van der Waals surface area (Å²) in [6.07, 6.45) is 1.94. The minimum atomic E-state index is 0.00807. The third-order valence-electron chi connectivity index (χ3n) is 3.54. The van der Waals surface area contributed by atoms with Crippen molar-refractivity contribution in [3.8, 4) is 0 Å². The molecule has 0 fully saturated rings. The van der Waals surface area contributed by atoms with Gasteiger partial charge < -0.3 is 4.98 Å². The Bertz CT molecular complexity index is 600. The number of aromatic nitrogens is 4. The van der Waals surface area contributed by atoms with Crippen LogP contribution >= 0.6 is 12.2 Å². The second-order valence-corrected chi connectivity index (χ2v) is 5.44. The van der Waals surface area contributed by atoms with Gasteiger partial charge in [0.25, 0.3) is 0 Å². The van der Waals surface area contributed by atoms with Crippen LogP contribution in [0.2, 0.25) is 0 Å². The van der Waals surface area contributed by atoms with Gasteiger partial charge in [-0.05, 0) is 38.9 Å². The molecule has 2 rings (SSSR count). The summed E-state index contributed by atoms with van der Waals surface area (Å²) in [4.78, 5) is 3.30. The molecule has 2 aromatic rings. The zero-order chi connectivity index (χ0) is 12.8. The first-order valence-electron chi connectivity index (χ1n) is 6.09. The fourth-order valence-corrected chi connectivity index (χ4v) is 2.62. The molecule has 94 valence electrons. The Morgan fingerprint density at radius 3 is 2.53 bits per heavy atom. The first-order chi connectivity index (χ1) is 7.92. The third-order valence-corrected chi connectivity index (χ3v) is 3.83. The quantitative estimate of drug-likeness (QED) is 0.852. The molecule has 0 bridgehead atoms. The van der Waals surface area contributed by atoms with Gasteiger partial charge in [0.05, 0.1) is 5.69 Å². The van der Waals surface area contributed by atoms with Crippen molar-refractivity contribution in [3.63, 3.8) is 0 Å². The van der Waals surface area contributed by atoms with Crippen molar-refractivity contribution in [1.29, 1.82) is 0 Å². The highest BCUT2D eigenvalue weighted by Gasteiger charge is 2.24. The molecule has 17 heavy (non-hydrogen) atoms. The van der Waals surface area contributed by atoms with Crippen molar-refractivity contribution < 1.29 is 0 Å². The summed E-state index contributed by atoms with van der Waals surface area (Å²) < 4.78 is 4.90. The van der Waals surface area contributed by atoms with Crippen LogP contribution in [0, 0.1) is 4.77 Å². The van der Waals surface area contributed by atoms with Crippen LogP contribution in [0.1, 0.15) is 39.8 Å². The predicted octanol–water partition coefficient (Wildman–Crippen LogP) is 3.14. The van der Waals surface area contributed by atoms with Crippen LogP contribution in [0.4, 0.5) is 0 Å². The van der Waals surface area contributed by atoms with Crippen LogP contribution in [0.3, 0.4) is 0 Å². The van der Waals surface area contributed by atoms with Gasteiger partial charge in [0.15, 0.2) is 10.4 Å². The number of hydrogen-bond acceptors (Lipinski definition) is 2. The largest absolute Gasteiger partial charge is 0.328 e. The number of aromatic amines is 1. The molecule has 2 aromatic heterocycles. The Balaban J connectivity index is 2.85. The molecule has 0 aromatic carbocycles. The monoisotopic (exact) mass is 252 g/mol. The van der Waals surface area contributed by atoms with Crippen molar-refractivity contribution in [1.82, 2.24) is 19.3 Å². The summed E-state index contributed by atoms with van der Waals surface area (Å²) in [6.45, 7) is 8.70. The Morgan fingerprint density at radius 1 is 1.35 bits per heavy atom. The number of rotatable bonds is 3. The topological polar surface area (TPSA) is 38.5 Å². The van der Waals surface area contributed by atoms with Gasteiger partial charge in [-0.2, -0.15) is 5.10 Å². The zero-order valence-corrected chi connectivity index (χ0v) is 12.0. The minimum absolute atomic E-state index is 0.00807. The normalized spacial score (nSPS) is 12.5. The molecule has 0 radical (unpaired) electrons. The van der Waals surface area contributed by atoms with Crippen molar-refractivity contribution in [2.24, 2.45) is 7.05 Å². The van der Waals surface area contributed by atoms with E-state index >= 15 is 0 Å². The molecular formula is C12H20N4S. The second-order valence-electron chi connectivity index (χ2n) is 5.05. The fraction of sp³-hybridized carbons (Fsp3) is 0.667. The van der Waals surface area contributed by atoms with E-state index in [0.29, 0.717) is 0 Å². The van der Waals surface area contributed by atoms with Crippen LogP contribution < -0.4 is 0 Å². The van der Waals surface area contributed by atoms with E-state index in [1.807, 2.05) is 11.7 Å². The van der Waals surface area contributed by atoms with Gasteiger partial charge >= 0.3 is 0 Å². The molecule has 0 aliphatic rings. The lowest BCUT2D eigenvalue weighted by molar-refractivity contribution is 0.343. The van der Waals surface area contributed by atoms with Gasteiger partial charge in [-0.1, -0.05) is 13.8 Å². The van der Waals surface area contributed by atoms with E-state index in [1.54, 1.807) is 0 Å². The lowest BCUT2D eigenvalue weighted by Gasteiger charge is -2.25. The van der Waals surface area contributed by atoms with Crippen molar-refractivity contribution >= 4 is 23.4 Å². The van der Waals surface area contributed by atoms with Crippen LogP contribution in [0.5, 0.6) is 0 Å². The van der Waals surface area contributed by atoms with E-state index in [0.717, 1.165) is 34.5 Å². The number of aryl methyl sites for hydroxylation is 2. The lowest BCUT2D eigenvalue weighted by Crippen LogP contribution is -2.26. The molecule has 0 spiro atoms. The highest BCUT2D eigenvalue weighted by Crippen LogP contribution is 2.27. The first kappa shape index (κ1) is 12.4. The molecular weight excluding hydrogens is 232 g/mol. The van der Waals surface area contributed by atoms with E-state index in [4.69, 9.17) is 12.2 Å². The summed E-state index contributed by atoms with van der Waals surface area (Å²) in [5.41, 5.74) is 3.27. The average Bonchev–Trinajstić information content (AvgIpc) is 2.76. The molecule has 0 aliphatic heterocycles. The molecule has 0 unspecified atom stereocenters. The van der Waals surface area contributed by atoms with E-state index in [1.165, 1.54) is 0 Å². The zero-order valence-electron chi connectivity index (χ0n) is 11.2. The third kappa shape index (κ3) is 1.73. The summed E-state index contributed by atoms with van der Waals surface area (Å²) in [6, 6.07) is 0. The van der Waals surface area contributed by atoms with Crippen LogP contribution in [-0.4, -0.2) is 19.3 Å². The molecule has 5 heteroatoms. The van der Waals surface area contributed by atoms with Gasteiger partial charge in [-0.25, -0.2) is 0 Å². The molecule has 0 aliphatic carbocycles. The smallest absolute Gasteiger partial charge is 0.179 e. The minimum Gasteiger partial charge on any atom is -0.328 e. The number of imidazole rings is 1. The molecule has 0 amide bonds. The summed E-state index contributed by atoms with van der Waals surface area (Å²) in [5, 5.41) is 4.54. The van der Waals surface area contributed by atoms with E-state index in [-0.39, 0.29) is 5.54 Å². The van der Waals surface area contributed by atoms with Gasteiger partial charge in [-0.3, -0.25) is 9.25 Å². The van der Waals surface area contributed by atoms with Crippen molar-refractivity contribution in [2.45, 2.75) is 46.1 Å². The summed E-state index contributed by atoms with van der Waals surface area (Å²) >= 11 is 5.45. The van der Waals surface area contributed by atoms with Crippen LogP contribution in [0.25, 0.3) is 11.2 Å². The lowest BCUT2D eigenvalue weighted by atomic mass is 10.0. The Morgan fingerprint density at radius 2 is 2.00 bits per heavy atom. The van der Waals surface area contributed by atoms with Gasteiger partial charge in [0.2, 0.25) is 0 Å². The standard InChI is InChI=1S/C12H20N4S/c1-6-8-9-10(15(5)14-8)16(11(17)13-9)12(3,4)7-2/h6-7H2,1-5H3,(H,13,17). The predicted molar refractivity (Wildman–Crippen MR) is 72.9 cm³/mol. The maximum Gasteiger partial charge on any atom is 0.179 e. The van der Waals surface area contributed by atoms with Crippen LogP contribution in [-0.2, 0) is 19.0 Å². The van der Waals surface area contributed by atoms with Crippen molar-refractivity contribution in [2.75, 3.05) is 0 Å². The molecule has 0 atom stereocenters. The van der Waals surface area contributed by atoms with Gasteiger partial charge in [0, 0.05) is 12.6 Å². The Hall–Kier alpha value is -1.10. The van der Waals surface area contributed by atoms with E-state index < -0.39 is 0 Å². The maximum atomic E-state index is 5.45. The molecule has 0 saturated heterocycles. The number of fused-ring (bicyclic) bond motifs is 1. The molecule has 4 nitrogen and oxygen atoms in total. The number of hydrogen-bond donors (Lipinski definition) is 1. The molecule has 1 N–H and O–H groups in total. The molecule has 0 saturated carbocycles. The van der Waals surface area contributed by atoms with Gasteiger partial charge in [0.1, 0.15) is 5.52 Å². The molecule has 2 heterocycles. The number of nitrogens with one attached hydrogen (secondary N) is 1. The maximum absolute atomic E-state index is 5.45. The number of nitrogens with zero attached hydrogens (tertiary/aromatic N) is 3. The first-order valence-corrected chi connectivity index (χ1v) is 6.50. The van der Waals surface area contributed by atoms with E-state index in [9.17, 15) is 0 Å². The van der Waals surface area contributed by atoms with Crippen LogP contribution in [0.15, 0.2) is 0 Å². The highest BCUT2D eigenvalue weighted by molar-refractivity contribution is 7.71. The summed E-state index contributed by atoms with van der Waals surface area (Å²) in [5.74, 6) is 0. The second kappa shape index (κ2) is 3.98. The number of H-pyrrole nitrogens is 1.